The Morgan fingerprint density at radius 3 is 1.46 bits per heavy atom. The number of ether oxygens (including phenoxy) is 1. The first-order chi connectivity index (χ1) is 10.4. The number of alkyl halides is 3. The lowest BCUT2D eigenvalue weighted by Gasteiger charge is -2.47. The van der Waals surface area contributed by atoms with E-state index in [1.807, 2.05) is 27.7 Å². The Morgan fingerprint density at radius 1 is 0.875 bits per heavy atom. The van der Waals surface area contributed by atoms with E-state index in [4.69, 9.17) is 4.74 Å². The van der Waals surface area contributed by atoms with Crippen molar-refractivity contribution in [3.8, 4) is 0 Å². The molecule has 0 saturated carbocycles. The largest absolute Gasteiger partial charge is 0.461 e. The maximum atomic E-state index is 14.2. The van der Waals surface area contributed by atoms with E-state index in [2.05, 4.69) is 0 Å². The minimum absolute atomic E-state index is 0.0468. The highest BCUT2D eigenvalue weighted by molar-refractivity contribution is 5.79. The summed E-state index contributed by atoms with van der Waals surface area (Å²) < 4.78 is 48.1. The van der Waals surface area contributed by atoms with Gasteiger partial charge in [0.1, 0.15) is 6.10 Å². The van der Waals surface area contributed by atoms with E-state index >= 15 is 0 Å². The van der Waals surface area contributed by atoms with Crippen molar-refractivity contribution < 1.29 is 22.7 Å². The maximum Gasteiger partial charge on any atom is 0.405 e. The van der Waals surface area contributed by atoms with Crippen LogP contribution >= 0.6 is 0 Å². The predicted molar refractivity (Wildman–Crippen MR) is 91.6 cm³/mol. The van der Waals surface area contributed by atoms with Gasteiger partial charge in [0.2, 0.25) is 0 Å². The van der Waals surface area contributed by atoms with Crippen molar-refractivity contribution in [2.75, 3.05) is 0 Å². The molecule has 0 fully saturated rings. The molecular weight excluding hydrogens is 317 g/mol. The second-order valence-electron chi connectivity index (χ2n) is 9.75. The molecule has 0 heterocycles. The number of halogens is 3. The summed E-state index contributed by atoms with van der Waals surface area (Å²) in [6.45, 7) is 17.0. The molecule has 5 heteroatoms. The first-order valence-corrected chi connectivity index (χ1v) is 8.64. The first kappa shape index (κ1) is 23.3. The van der Waals surface area contributed by atoms with E-state index in [-0.39, 0.29) is 18.3 Å². The summed E-state index contributed by atoms with van der Waals surface area (Å²) in [6.07, 6.45) is -5.54. The molecule has 0 aliphatic carbocycles. The van der Waals surface area contributed by atoms with Crippen molar-refractivity contribution in [3.63, 3.8) is 0 Å². The Hall–Kier alpha value is -0.740. The summed E-state index contributed by atoms with van der Waals surface area (Å²) in [5.74, 6) is -1.24. The van der Waals surface area contributed by atoms with E-state index in [1.54, 1.807) is 20.8 Å². The number of hydrogen-bond donors (Lipinski definition) is 0. The number of hydrogen-bond acceptors (Lipinski definition) is 2. The highest BCUT2D eigenvalue weighted by Gasteiger charge is 2.68. The quantitative estimate of drug-likeness (QED) is 0.547. The molecule has 1 atom stereocenters. The van der Waals surface area contributed by atoms with Gasteiger partial charge in [-0.05, 0) is 29.1 Å². The van der Waals surface area contributed by atoms with Gasteiger partial charge in [0, 0.05) is 0 Å². The lowest BCUT2D eigenvalue weighted by molar-refractivity contribution is -0.273. The molecule has 0 saturated heterocycles. The van der Waals surface area contributed by atoms with Gasteiger partial charge >= 0.3 is 12.1 Å². The zero-order valence-electron chi connectivity index (χ0n) is 16.9. The molecule has 0 bridgehead atoms. The molecule has 0 aromatic rings. The molecule has 0 spiro atoms. The normalized spacial score (nSPS) is 16.7. The average Bonchev–Trinajstić information content (AvgIpc) is 2.27. The van der Waals surface area contributed by atoms with Gasteiger partial charge in [0.15, 0.2) is 5.41 Å². The molecule has 0 aromatic carbocycles. The SMILES string of the molecule is CC(C)C(OC(=O)C(CC(C)(C)C)(C(C)(C)C)C(F)(F)F)C(C)C. The summed E-state index contributed by atoms with van der Waals surface area (Å²) >= 11 is 0. The van der Waals surface area contributed by atoms with Gasteiger partial charge in [-0.3, -0.25) is 4.79 Å². The van der Waals surface area contributed by atoms with Gasteiger partial charge in [-0.25, -0.2) is 0 Å². The Balaban J connectivity index is 6.16. The van der Waals surface area contributed by atoms with Crippen LogP contribution in [0.3, 0.4) is 0 Å². The van der Waals surface area contributed by atoms with Gasteiger partial charge in [-0.1, -0.05) is 69.2 Å². The van der Waals surface area contributed by atoms with Gasteiger partial charge in [0.05, 0.1) is 0 Å². The van der Waals surface area contributed by atoms with Crippen LogP contribution in [-0.2, 0) is 9.53 Å². The standard InChI is InChI=1S/C19H35F3O2/c1-12(2)14(13(3)4)24-15(23)18(17(8,9)10,19(20,21)22)11-16(5,6)7/h12-14H,11H2,1-10H3. The predicted octanol–water partition coefficient (Wildman–Crippen LogP) is 6.24. The molecule has 24 heavy (non-hydrogen) atoms. The summed E-state index contributed by atoms with van der Waals surface area (Å²) in [5, 5.41) is 0. The number of carbonyl (C=O) groups excluding carboxylic acids is 1. The van der Waals surface area contributed by atoms with Crippen LogP contribution in [0.15, 0.2) is 0 Å². The van der Waals surface area contributed by atoms with Crippen LogP contribution in [0.25, 0.3) is 0 Å². The van der Waals surface area contributed by atoms with Crippen LogP contribution in [0.5, 0.6) is 0 Å². The summed E-state index contributed by atoms with van der Waals surface area (Å²) in [5.41, 5.74) is -4.53. The monoisotopic (exact) mass is 352 g/mol. The Morgan fingerprint density at radius 2 is 1.25 bits per heavy atom. The molecule has 0 rings (SSSR count). The van der Waals surface area contributed by atoms with Crippen LogP contribution in [-0.4, -0.2) is 18.2 Å². The fraction of sp³-hybridized carbons (Fsp3) is 0.947. The van der Waals surface area contributed by atoms with Crippen LogP contribution in [0.2, 0.25) is 0 Å². The van der Waals surface area contributed by atoms with Crippen molar-refractivity contribution in [2.24, 2.45) is 28.1 Å². The lowest BCUT2D eigenvalue weighted by Crippen LogP contribution is -2.57. The molecule has 144 valence electrons. The second-order valence-corrected chi connectivity index (χ2v) is 9.75. The van der Waals surface area contributed by atoms with Crippen molar-refractivity contribution in [1.29, 1.82) is 0 Å². The topological polar surface area (TPSA) is 26.3 Å². The van der Waals surface area contributed by atoms with Crippen molar-refractivity contribution in [1.82, 2.24) is 0 Å². The Labute approximate surface area is 145 Å². The minimum Gasteiger partial charge on any atom is -0.461 e. The molecule has 2 nitrogen and oxygen atoms in total. The summed E-state index contributed by atoms with van der Waals surface area (Å²) in [4.78, 5) is 12.9. The van der Waals surface area contributed by atoms with Crippen LogP contribution in [0.4, 0.5) is 13.2 Å². The zero-order valence-corrected chi connectivity index (χ0v) is 16.9. The summed E-state index contributed by atoms with van der Waals surface area (Å²) in [7, 11) is 0. The molecule has 0 aliphatic rings. The first-order valence-electron chi connectivity index (χ1n) is 8.64. The Bertz CT molecular complexity index is 401. The third-order valence-corrected chi connectivity index (χ3v) is 4.47. The fourth-order valence-electron chi connectivity index (χ4n) is 3.35. The molecule has 1 unspecified atom stereocenters. The second kappa shape index (κ2) is 7.25. The number of carbonyl (C=O) groups is 1. The maximum absolute atomic E-state index is 14.2. The van der Waals surface area contributed by atoms with Gasteiger partial charge in [-0.2, -0.15) is 13.2 Å². The fourth-order valence-corrected chi connectivity index (χ4v) is 3.35. The van der Waals surface area contributed by atoms with E-state index in [0.717, 1.165) is 0 Å². The molecule has 0 amide bonds. The molecule has 0 aromatic heterocycles. The number of rotatable bonds is 5. The van der Waals surface area contributed by atoms with Gasteiger partial charge < -0.3 is 4.74 Å². The van der Waals surface area contributed by atoms with Gasteiger partial charge in [0.25, 0.3) is 0 Å². The van der Waals surface area contributed by atoms with E-state index in [1.165, 1.54) is 20.8 Å². The zero-order chi connectivity index (χ0) is 19.7. The molecule has 0 radical (unpaired) electrons. The third-order valence-electron chi connectivity index (χ3n) is 4.47. The van der Waals surface area contributed by atoms with E-state index < -0.39 is 34.5 Å². The summed E-state index contributed by atoms with van der Waals surface area (Å²) in [6, 6.07) is 0. The third kappa shape index (κ3) is 5.13. The van der Waals surface area contributed by atoms with E-state index in [9.17, 15) is 18.0 Å². The van der Waals surface area contributed by atoms with Crippen molar-refractivity contribution in [3.05, 3.63) is 0 Å². The Kier molecular flexibility index (Phi) is 7.02. The van der Waals surface area contributed by atoms with E-state index in [0.29, 0.717) is 0 Å². The van der Waals surface area contributed by atoms with Crippen molar-refractivity contribution in [2.45, 2.75) is 87.9 Å². The highest BCUT2D eigenvalue weighted by atomic mass is 19.4. The number of esters is 1. The van der Waals surface area contributed by atoms with Crippen LogP contribution in [0.1, 0.15) is 75.7 Å². The molecule has 0 N–H and O–H groups in total. The van der Waals surface area contributed by atoms with Gasteiger partial charge in [-0.15, -0.1) is 0 Å². The van der Waals surface area contributed by atoms with Crippen LogP contribution < -0.4 is 0 Å². The smallest absolute Gasteiger partial charge is 0.405 e. The molecular formula is C19H35F3O2. The van der Waals surface area contributed by atoms with Crippen molar-refractivity contribution >= 4 is 5.97 Å². The average molecular weight is 352 g/mol. The minimum atomic E-state index is -4.69. The lowest BCUT2D eigenvalue weighted by atomic mass is 9.59. The van der Waals surface area contributed by atoms with Crippen LogP contribution in [0, 0.1) is 28.1 Å². The molecule has 0 aliphatic heterocycles. The highest BCUT2D eigenvalue weighted by Crippen LogP contribution is 2.57.